The van der Waals surface area contributed by atoms with Gasteiger partial charge in [-0.15, -0.1) is 24.0 Å². The molecule has 154 valence electrons. The highest BCUT2D eigenvalue weighted by atomic mass is 127. The van der Waals surface area contributed by atoms with E-state index in [2.05, 4.69) is 39.9 Å². The molecule has 2 aliphatic heterocycles. The van der Waals surface area contributed by atoms with E-state index in [0.717, 1.165) is 76.9 Å². The number of nitrogens with one attached hydrogen (secondary N) is 1. The molecule has 2 aliphatic rings. The van der Waals surface area contributed by atoms with Gasteiger partial charge in [-0.2, -0.15) is 5.10 Å². The number of aliphatic imine (C=N–C) groups is 1. The van der Waals surface area contributed by atoms with Crippen LogP contribution < -0.4 is 5.32 Å². The van der Waals surface area contributed by atoms with Crippen LogP contribution in [0.4, 0.5) is 0 Å². The zero-order chi connectivity index (χ0) is 18.4. The minimum atomic E-state index is 0. The van der Waals surface area contributed by atoms with E-state index in [-0.39, 0.29) is 36.2 Å². The van der Waals surface area contributed by atoms with Crippen molar-refractivity contribution in [2.24, 2.45) is 4.99 Å². The molecule has 7 nitrogen and oxygen atoms in total. The van der Waals surface area contributed by atoms with Gasteiger partial charge < -0.3 is 19.7 Å². The number of morpholine rings is 1. The summed E-state index contributed by atoms with van der Waals surface area (Å²) in [5.41, 5.74) is 2.29. The molecule has 3 rings (SSSR count). The van der Waals surface area contributed by atoms with Crippen molar-refractivity contribution in [3.63, 3.8) is 0 Å². The SMILES string of the molecule is CCNC(=NCCCn1nc(C)cc1C)N1CCOC(C2CCCO2)C1.I. The van der Waals surface area contributed by atoms with Crippen molar-refractivity contribution in [2.75, 3.05) is 39.4 Å². The second-order valence-corrected chi connectivity index (χ2v) is 7.15. The highest BCUT2D eigenvalue weighted by Crippen LogP contribution is 2.21. The number of halogens is 1. The molecule has 0 bridgehead atoms. The van der Waals surface area contributed by atoms with Crippen LogP contribution in [0.15, 0.2) is 11.1 Å². The van der Waals surface area contributed by atoms with E-state index >= 15 is 0 Å². The van der Waals surface area contributed by atoms with E-state index in [1.807, 2.05) is 6.92 Å². The van der Waals surface area contributed by atoms with Crippen LogP contribution in [-0.4, -0.2) is 72.2 Å². The summed E-state index contributed by atoms with van der Waals surface area (Å²) in [6, 6.07) is 2.12. The van der Waals surface area contributed by atoms with Crippen molar-refractivity contribution >= 4 is 29.9 Å². The predicted molar refractivity (Wildman–Crippen MR) is 118 cm³/mol. The Morgan fingerprint density at radius 1 is 1.30 bits per heavy atom. The molecule has 2 atom stereocenters. The highest BCUT2D eigenvalue weighted by Gasteiger charge is 2.32. The second-order valence-electron chi connectivity index (χ2n) is 7.15. The van der Waals surface area contributed by atoms with Crippen LogP contribution in [0.25, 0.3) is 0 Å². The summed E-state index contributed by atoms with van der Waals surface area (Å²) in [5, 5.41) is 7.95. The van der Waals surface area contributed by atoms with Gasteiger partial charge in [-0.3, -0.25) is 9.67 Å². The van der Waals surface area contributed by atoms with Crippen LogP contribution >= 0.6 is 24.0 Å². The molecule has 1 aromatic heterocycles. The maximum Gasteiger partial charge on any atom is 0.194 e. The third kappa shape index (κ3) is 6.32. The Balaban J connectivity index is 0.00000261. The number of hydrogen-bond donors (Lipinski definition) is 1. The summed E-state index contributed by atoms with van der Waals surface area (Å²) in [5.74, 6) is 0.993. The molecule has 0 radical (unpaired) electrons. The van der Waals surface area contributed by atoms with Crippen molar-refractivity contribution < 1.29 is 9.47 Å². The molecule has 0 aliphatic carbocycles. The lowest BCUT2D eigenvalue weighted by molar-refractivity contribution is -0.0817. The Morgan fingerprint density at radius 2 is 2.11 bits per heavy atom. The zero-order valence-corrected chi connectivity index (χ0v) is 19.1. The molecule has 8 heteroatoms. The van der Waals surface area contributed by atoms with Crippen molar-refractivity contribution in [3.8, 4) is 0 Å². The first-order chi connectivity index (χ1) is 12.7. The van der Waals surface area contributed by atoms with Crippen molar-refractivity contribution in [2.45, 2.75) is 58.8 Å². The molecular formula is C19H34IN5O2. The topological polar surface area (TPSA) is 63.9 Å². The van der Waals surface area contributed by atoms with Crippen LogP contribution in [0.5, 0.6) is 0 Å². The summed E-state index contributed by atoms with van der Waals surface area (Å²) in [4.78, 5) is 7.17. The predicted octanol–water partition coefficient (Wildman–Crippen LogP) is 2.35. The summed E-state index contributed by atoms with van der Waals surface area (Å²) in [6.45, 7) is 12.2. The average molecular weight is 491 g/mol. The lowest BCUT2D eigenvalue weighted by Gasteiger charge is -2.37. The molecule has 2 unspecified atom stereocenters. The first-order valence-corrected chi connectivity index (χ1v) is 9.95. The monoisotopic (exact) mass is 491 g/mol. The lowest BCUT2D eigenvalue weighted by Crippen LogP contribution is -2.53. The number of nitrogens with zero attached hydrogens (tertiary/aromatic N) is 4. The fourth-order valence-electron chi connectivity index (χ4n) is 3.72. The van der Waals surface area contributed by atoms with E-state index in [1.165, 1.54) is 5.69 Å². The van der Waals surface area contributed by atoms with E-state index in [4.69, 9.17) is 14.5 Å². The Morgan fingerprint density at radius 3 is 2.78 bits per heavy atom. The van der Waals surface area contributed by atoms with Gasteiger partial charge in [-0.1, -0.05) is 0 Å². The fraction of sp³-hybridized carbons (Fsp3) is 0.789. The van der Waals surface area contributed by atoms with E-state index in [1.54, 1.807) is 0 Å². The lowest BCUT2D eigenvalue weighted by atomic mass is 10.1. The molecule has 3 heterocycles. The molecule has 1 aromatic rings. The zero-order valence-electron chi connectivity index (χ0n) is 16.8. The van der Waals surface area contributed by atoms with Gasteiger partial charge in [-0.05, 0) is 46.1 Å². The number of guanidine groups is 1. The van der Waals surface area contributed by atoms with Gasteiger partial charge in [0.05, 0.1) is 18.4 Å². The number of ether oxygens (including phenoxy) is 2. The Hall–Kier alpha value is -0.870. The largest absolute Gasteiger partial charge is 0.375 e. The molecule has 2 fully saturated rings. The number of rotatable bonds is 6. The van der Waals surface area contributed by atoms with Gasteiger partial charge in [0.15, 0.2) is 5.96 Å². The molecule has 0 aromatic carbocycles. The highest BCUT2D eigenvalue weighted by molar-refractivity contribution is 14.0. The van der Waals surface area contributed by atoms with Gasteiger partial charge in [0.2, 0.25) is 0 Å². The maximum absolute atomic E-state index is 5.96. The smallest absolute Gasteiger partial charge is 0.194 e. The summed E-state index contributed by atoms with van der Waals surface area (Å²) in [7, 11) is 0. The summed E-state index contributed by atoms with van der Waals surface area (Å²) in [6.07, 6.45) is 3.63. The van der Waals surface area contributed by atoms with Crippen LogP contribution in [0.2, 0.25) is 0 Å². The number of aryl methyl sites for hydroxylation is 3. The molecule has 2 saturated heterocycles. The fourth-order valence-corrected chi connectivity index (χ4v) is 3.72. The van der Waals surface area contributed by atoms with Gasteiger partial charge in [0, 0.05) is 45.0 Å². The standard InChI is InChI=1S/C19H33N5O2.HI/c1-4-20-19(21-8-6-9-24-16(3)13-15(2)22-24)23-10-12-26-18(14-23)17-7-5-11-25-17;/h13,17-18H,4-12,14H2,1-3H3,(H,20,21);1H. The molecular weight excluding hydrogens is 457 g/mol. The number of aromatic nitrogens is 2. The molecule has 0 amide bonds. The maximum atomic E-state index is 5.96. The minimum Gasteiger partial charge on any atom is -0.375 e. The Kier molecular flexibility index (Phi) is 9.31. The van der Waals surface area contributed by atoms with Crippen LogP contribution in [-0.2, 0) is 16.0 Å². The normalized spacial score (nSPS) is 23.4. The third-order valence-corrected chi connectivity index (χ3v) is 5.00. The van der Waals surface area contributed by atoms with Crippen LogP contribution in [0, 0.1) is 13.8 Å². The number of hydrogen-bond acceptors (Lipinski definition) is 4. The van der Waals surface area contributed by atoms with E-state index < -0.39 is 0 Å². The van der Waals surface area contributed by atoms with Gasteiger partial charge in [0.1, 0.15) is 6.10 Å². The van der Waals surface area contributed by atoms with Gasteiger partial charge in [-0.25, -0.2) is 0 Å². The second kappa shape index (κ2) is 11.2. The van der Waals surface area contributed by atoms with Crippen molar-refractivity contribution in [1.82, 2.24) is 20.0 Å². The van der Waals surface area contributed by atoms with Crippen molar-refractivity contribution in [3.05, 3.63) is 17.5 Å². The van der Waals surface area contributed by atoms with Crippen LogP contribution in [0.1, 0.15) is 37.6 Å². The first-order valence-electron chi connectivity index (χ1n) is 9.95. The van der Waals surface area contributed by atoms with Gasteiger partial charge >= 0.3 is 0 Å². The first kappa shape index (κ1) is 22.4. The molecule has 0 saturated carbocycles. The Labute approximate surface area is 179 Å². The quantitative estimate of drug-likeness (QED) is 0.287. The average Bonchev–Trinajstić information content (AvgIpc) is 3.28. The van der Waals surface area contributed by atoms with Crippen LogP contribution in [0.3, 0.4) is 0 Å². The minimum absolute atomic E-state index is 0. The van der Waals surface area contributed by atoms with Gasteiger partial charge in [0.25, 0.3) is 0 Å². The van der Waals surface area contributed by atoms with Crippen molar-refractivity contribution in [1.29, 1.82) is 0 Å². The molecule has 27 heavy (non-hydrogen) atoms. The summed E-state index contributed by atoms with van der Waals surface area (Å²) >= 11 is 0. The summed E-state index contributed by atoms with van der Waals surface area (Å²) < 4.78 is 13.8. The molecule has 0 spiro atoms. The molecule has 1 N–H and O–H groups in total. The van der Waals surface area contributed by atoms with E-state index in [0.29, 0.717) is 0 Å². The Bertz CT molecular complexity index is 601. The third-order valence-electron chi connectivity index (χ3n) is 5.00. The van der Waals surface area contributed by atoms with E-state index in [9.17, 15) is 0 Å².